The van der Waals surface area contributed by atoms with Crippen molar-refractivity contribution in [2.75, 3.05) is 0 Å². The van der Waals surface area contributed by atoms with E-state index >= 15 is 0 Å². The predicted molar refractivity (Wildman–Crippen MR) is 141 cm³/mol. The first-order valence-corrected chi connectivity index (χ1v) is 18.3. The molecular formula is C29H49SiTi. The van der Waals surface area contributed by atoms with Crippen LogP contribution in [0.15, 0.2) is 40.5 Å². The van der Waals surface area contributed by atoms with Crippen LogP contribution in [-0.4, -0.2) is 8.07 Å². The second kappa shape index (κ2) is 8.77. The molecule has 1 aromatic carbocycles. The summed E-state index contributed by atoms with van der Waals surface area (Å²) in [4.78, 5) is 0. The van der Waals surface area contributed by atoms with E-state index in [0.717, 1.165) is 12.8 Å². The Morgan fingerprint density at radius 2 is 1.06 bits per heavy atom. The van der Waals surface area contributed by atoms with Crippen molar-refractivity contribution in [2.45, 2.75) is 120 Å². The Labute approximate surface area is 201 Å². The molecule has 0 unspecified atom stereocenters. The van der Waals surface area contributed by atoms with E-state index in [0.29, 0.717) is 0 Å². The van der Waals surface area contributed by atoms with Gasteiger partial charge in [-0.2, -0.15) is 0 Å². The zero-order chi connectivity index (χ0) is 24.2. The van der Waals surface area contributed by atoms with Crippen molar-refractivity contribution in [3.05, 3.63) is 51.6 Å². The Morgan fingerprint density at radius 3 is 1.32 bits per heavy atom. The molecule has 0 saturated heterocycles. The number of hydrogen-bond donors (Lipinski definition) is 0. The van der Waals surface area contributed by atoms with Crippen molar-refractivity contribution in [3.8, 4) is 0 Å². The SMILES string of the molecule is CCc1cc(CC)cc([Si](C(C)(C)C)(C(C)(C)C)[C]2([Ti]([CH3])[CH3])C(C)=C(C)C(C)=C2C)c1. The summed E-state index contributed by atoms with van der Waals surface area (Å²) < 4.78 is 0.287. The Balaban J connectivity index is 3.27. The van der Waals surface area contributed by atoms with Crippen LogP contribution in [0.5, 0.6) is 0 Å². The summed E-state index contributed by atoms with van der Waals surface area (Å²) >= 11 is -1.49. The van der Waals surface area contributed by atoms with Gasteiger partial charge in [-0.1, -0.05) is 0 Å². The predicted octanol–water partition coefficient (Wildman–Crippen LogP) is 9.17. The molecule has 0 nitrogen and oxygen atoms in total. The fourth-order valence-electron chi connectivity index (χ4n) is 7.81. The van der Waals surface area contributed by atoms with Gasteiger partial charge >= 0.3 is 203 Å². The summed E-state index contributed by atoms with van der Waals surface area (Å²) in [6.45, 7) is 30.0. The molecule has 173 valence electrons. The van der Waals surface area contributed by atoms with Crippen LogP contribution < -0.4 is 5.19 Å². The molecule has 0 atom stereocenters. The van der Waals surface area contributed by atoms with Crippen LogP contribution in [0.1, 0.15) is 94.2 Å². The minimum absolute atomic E-state index is 0.236. The van der Waals surface area contributed by atoms with Gasteiger partial charge in [0.2, 0.25) is 0 Å². The van der Waals surface area contributed by atoms with E-state index in [4.69, 9.17) is 0 Å². The molecule has 1 aliphatic carbocycles. The third-order valence-electron chi connectivity index (χ3n) is 8.68. The Hall–Kier alpha value is -0.369. The van der Waals surface area contributed by atoms with E-state index in [1.165, 1.54) is 11.1 Å². The van der Waals surface area contributed by atoms with Crippen LogP contribution in [0, 0.1) is 0 Å². The second-order valence-corrected chi connectivity index (χ2v) is 23.1. The van der Waals surface area contributed by atoms with Gasteiger partial charge in [-0.3, -0.25) is 0 Å². The maximum absolute atomic E-state index is 2.67. The van der Waals surface area contributed by atoms with Gasteiger partial charge in [0.25, 0.3) is 0 Å². The van der Waals surface area contributed by atoms with Crippen molar-refractivity contribution in [3.63, 3.8) is 0 Å². The monoisotopic (exact) mass is 473 g/mol. The second-order valence-electron chi connectivity index (χ2n) is 12.2. The van der Waals surface area contributed by atoms with Crippen molar-refractivity contribution < 1.29 is 17.9 Å². The molecule has 0 amide bonds. The average Bonchev–Trinajstić information content (AvgIpc) is 2.82. The molecule has 0 fully saturated rings. The number of benzene rings is 1. The van der Waals surface area contributed by atoms with Gasteiger partial charge < -0.3 is 0 Å². The molecule has 0 heterocycles. The van der Waals surface area contributed by atoms with E-state index in [1.807, 2.05) is 0 Å². The molecule has 0 radical (unpaired) electrons. The zero-order valence-corrected chi connectivity index (χ0v) is 25.7. The summed E-state index contributed by atoms with van der Waals surface area (Å²) in [5.74, 6) is 0. The number of rotatable bonds is 5. The first kappa shape index (κ1) is 26.9. The number of hydrogen-bond acceptors (Lipinski definition) is 0. The molecular weight excluding hydrogens is 424 g/mol. The van der Waals surface area contributed by atoms with Gasteiger partial charge in [-0.15, -0.1) is 0 Å². The summed E-state index contributed by atoms with van der Waals surface area (Å²) in [6, 6.07) is 7.76. The van der Waals surface area contributed by atoms with Crippen LogP contribution in [0.25, 0.3) is 0 Å². The average molecular weight is 474 g/mol. The van der Waals surface area contributed by atoms with Gasteiger partial charge in [-0.25, -0.2) is 0 Å². The summed E-state index contributed by atoms with van der Waals surface area (Å²) in [6.07, 6.45) is 2.24. The molecule has 1 aromatic rings. The van der Waals surface area contributed by atoms with E-state index in [2.05, 4.69) is 112 Å². The van der Waals surface area contributed by atoms with Gasteiger partial charge in [0, 0.05) is 0 Å². The zero-order valence-electron chi connectivity index (χ0n) is 23.1. The van der Waals surface area contributed by atoms with Gasteiger partial charge in [0.15, 0.2) is 0 Å². The molecule has 2 heteroatoms. The van der Waals surface area contributed by atoms with Gasteiger partial charge in [0.05, 0.1) is 0 Å². The number of aryl methyl sites for hydroxylation is 2. The molecule has 31 heavy (non-hydrogen) atoms. The standard InChI is InChI=1S/C27H43Si.2CH3.Ti/c1-13-22-15-23(14-2)17-24(16-22)28(26(7,8)9,27(10,11)12)25-20(5)18(3)19(4)21(25)6;;;/h15-17H,13-14H2,1-12H3;2*1H3;. The van der Waals surface area contributed by atoms with Crippen molar-refractivity contribution in [1.82, 2.24) is 0 Å². The summed E-state index contributed by atoms with van der Waals surface area (Å²) in [5.41, 5.74) is 9.66. The van der Waals surface area contributed by atoms with E-state index in [9.17, 15) is 0 Å². The van der Waals surface area contributed by atoms with Crippen molar-refractivity contribution >= 4 is 13.3 Å². The first-order valence-electron chi connectivity index (χ1n) is 12.4. The molecule has 0 bridgehead atoms. The van der Waals surface area contributed by atoms with Crippen molar-refractivity contribution in [1.29, 1.82) is 0 Å². The van der Waals surface area contributed by atoms with E-state index < -0.39 is 25.9 Å². The Bertz CT molecular complexity index is 839. The topological polar surface area (TPSA) is 0 Å². The van der Waals surface area contributed by atoms with Crippen LogP contribution in [0.3, 0.4) is 0 Å². The molecule has 0 aliphatic heterocycles. The molecule has 0 N–H and O–H groups in total. The fraction of sp³-hybridized carbons (Fsp3) is 0.655. The van der Waals surface area contributed by atoms with Gasteiger partial charge in [0.1, 0.15) is 0 Å². The normalized spacial score (nSPS) is 17.6. The molecule has 1 aliphatic rings. The molecule has 2 rings (SSSR count). The quantitative estimate of drug-likeness (QED) is 0.374. The van der Waals surface area contributed by atoms with Gasteiger partial charge in [-0.05, 0) is 0 Å². The Kier molecular flexibility index (Phi) is 7.60. The molecule has 0 aromatic heterocycles. The van der Waals surface area contributed by atoms with Crippen LogP contribution in [-0.2, 0) is 30.7 Å². The number of allylic oxidation sites excluding steroid dienone is 4. The molecule has 0 saturated carbocycles. The Morgan fingerprint density at radius 1 is 0.710 bits per heavy atom. The van der Waals surface area contributed by atoms with Crippen LogP contribution >= 0.6 is 0 Å². The van der Waals surface area contributed by atoms with E-state index in [1.54, 1.807) is 27.5 Å². The minimum atomic E-state index is -2.20. The van der Waals surface area contributed by atoms with E-state index in [-0.39, 0.29) is 13.4 Å². The van der Waals surface area contributed by atoms with Crippen LogP contribution in [0.4, 0.5) is 0 Å². The van der Waals surface area contributed by atoms with Crippen molar-refractivity contribution in [2.24, 2.45) is 0 Å². The fourth-order valence-corrected chi connectivity index (χ4v) is 28.2. The van der Waals surface area contributed by atoms with Crippen LogP contribution in [0.2, 0.25) is 23.9 Å². The molecule has 0 spiro atoms. The first-order chi connectivity index (χ1) is 14.0. The third kappa shape index (κ3) is 3.66. The maximum atomic E-state index is 2.67. The summed E-state index contributed by atoms with van der Waals surface area (Å²) in [7, 11) is -2.20. The summed E-state index contributed by atoms with van der Waals surface area (Å²) in [5, 5.41) is 7.53. The third-order valence-corrected chi connectivity index (χ3v) is 23.5.